The fraction of sp³-hybridized carbons (Fsp3) is 0.154. The summed E-state index contributed by atoms with van der Waals surface area (Å²) in [6.07, 6.45) is 8.62. The molecule has 0 amide bonds. The van der Waals surface area contributed by atoms with Crippen LogP contribution in [0.4, 0.5) is 0 Å². The highest BCUT2D eigenvalue weighted by Gasteiger charge is 2.14. The summed E-state index contributed by atoms with van der Waals surface area (Å²) in [6.45, 7) is 7.40. The van der Waals surface area contributed by atoms with Crippen LogP contribution in [0, 0.1) is 20.8 Å². The molecule has 0 saturated carbocycles. The number of aromatic nitrogens is 2. The second-order valence-corrected chi connectivity index (χ2v) is 7.49. The molecule has 0 N–H and O–H groups in total. The molecule has 4 heteroatoms. The lowest BCUT2D eigenvalue weighted by atomic mass is 10.0. The SMILES string of the molecule is Cc1cc(C)c(-[n+]2ccc(-c3cc[n+](Cc4ccccc4)cc3)cc2)c(C)c1.[Cl-].[Cl-]. The van der Waals surface area contributed by atoms with Crippen LogP contribution < -0.4 is 33.9 Å². The van der Waals surface area contributed by atoms with Crippen LogP contribution in [0.5, 0.6) is 0 Å². The van der Waals surface area contributed by atoms with Gasteiger partial charge in [0.2, 0.25) is 5.69 Å². The van der Waals surface area contributed by atoms with Crippen LogP contribution >= 0.6 is 0 Å². The number of pyridine rings is 2. The average Bonchev–Trinajstić information content (AvgIpc) is 2.69. The molecule has 154 valence electrons. The summed E-state index contributed by atoms with van der Waals surface area (Å²) < 4.78 is 4.42. The summed E-state index contributed by atoms with van der Waals surface area (Å²) in [6, 6.07) is 23.8. The first-order valence-electron chi connectivity index (χ1n) is 9.73. The molecule has 4 aromatic rings. The molecule has 0 unspecified atom stereocenters. The highest BCUT2D eigenvalue weighted by Crippen LogP contribution is 2.19. The van der Waals surface area contributed by atoms with Crippen molar-refractivity contribution >= 4 is 0 Å². The van der Waals surface area contributed by atoms with Crippen LogP contribution in [-0.4, -0.2) is 0 Å². The van der Waals surface area contributed by atoms with Crippen LogP contribution in [0.1, 0.15) is 22.3 Å². The van der Waals surface area contributed by atoms with Gasteiger partial charge < -0.3 is 24.8 Å². The molecule has 0 saturated heterocycles. The fourth-order valence-corrected chi connectivity index (χ4v) is 3.90. The molecule has 0 radical (unpaired) electrons. The zero-order valence-corrected chi connectivity index (χ0v) is 19.0. The minimum Gasteiger partial charge on any atom is -1.00 e. The van der Waals surface area contributed by atoms with Crippen LogP contribution in [0.25, 0.3) is 16.8 Å². The van der Waals surface area contributed by atoms with Crippen molar-refractivity contribution in [1.29, 1.82) is 0 Å². The Morgan fingerprint density at radius 1 is 0.633 bits per heavy atom. The summed E-state index contributed by atoms with van der Waals surface area (Å²) >= 11 is 0. The maximum absolute atomic E-state index is 2.24. The van der Waals surface area contributed by atoms with Crippen LogP contribution in [0.15, 0.2) is 91.5 Å². The van der Waals surface area contributed by atoms with Crippen molar-refractivity contribution in [3.05, 3.63) is 114 Å². The van der Waals surface area contributed by atoms with Gasteiger partial charge in [0.25, 0.3) is 0 Å². The van der Waals surface area contributed by atoms with E-state index in [2.05, 4.69) is 121 Å². The lowest BCUT2D eigenvalue weighted by Gasteiger charge is -2.07. The van der Waals surface area contributed by atoms with Gasteiger partial charge in [-0.25, -0.2) is 4.57 Å². The van der Waals surface area contributed by atoms with Gasteiger partial charge in [-0.15, -0.1) is 0 Å². The molecule has 0 aliphatic carbocycles. The molecule has 0 atom stereocenters. The molecule has 0 bridgehead atoms. The van der Waals surface area contributed by atoms with E-state index in [9.17, 15) is 0 Å². The third-order valence-corrected chi connectivity index (χ3v) is 5.16. The van der Waals surface area contributed by atoms with Gasteiger partial charge in [0.1, 0.15) is 0 Å². The largest absolute Gasteiger partial charge is 1.00 e. The Bertz CT molecular complexity index is 1070. The Kier molecular flexibility index (Phi) is 8.16. The topological polar surface area (TPSA) is 7.76 Å². The summed E-state index contributed by atoms with van der Waals surface area (Å²) in [7, 11) is 0. The van der Waals surface area contributed by atoms with Crippen molar-refractivity contribution < 1.29 is 33.9 Å². The normalized spacial score (nSPS) is 10.1. The molecule has 0 fully saturated rings. The molecule has 2 nitrogen and oxygen atoms in total. The number of hydrogen-bond donors (Lipinski definition) is 0. The van der Waals surface area contributed by atoms with Gasteiger partial charge in [-0.1, -0.05) is 35.9 Å². The third-order valence-electron chi connectivity index (χ3n) is 5.16. The van der Waals surface area contributed by atoms with E-state index in [1.165, 1.54) is 39.1 Å². The third kappa shape index (κ3) is 5.27. The molecule has 2 heterocycles. The van der Waals surface area contributed by atoms with Gasteiger partial charge in [0, 0.05) is 41.0 Å². The summed E-state index contributed by atoms with van der Waals surface area (Å²) in [5.74, 6) is 0. The predicted octanol–water partition coefficient (Wildman–Crippen LogP) is -1.10. The minimum absolute atomic E-state index is 0. The number of halogens is 2. The Morgan fingerprint density at radius 3 is 1.67 bits per heavy atom. The first-order chi connectivity index (χ1) is 13.6. The number of benzene rings is 2. The van der Waals surface area contributed by atoms with E-state index in [-0.39, 0.29) is 24.8 Å². The van der Waals surface area contributed by atoms with Crippen molar-refractivity contribution in [3.63, 3.8) is 0 Å². The van der Waals surface area contributed by atoms with E-state index >= 15 is 0 Å². The summed E-state index contributed by atoms with van der Waals surface area (Å²) in [4.78, 5) is 0. The maximum Gasteiger partial charge on any atom is 0.216 e. The van der Waals surface area contributed by atoms with E-state index in [1.54, 1.807) is 0 Å². The smallest absolute Gasteiger partial charge is 0.216 e. The van der Waals surface area contributed by atoms with Gasteiger partial charge in [-0.2, -0.15) is 4.57 Å². The second-order valence-electron chi connectivity index (χ2n) is 7.49. The van der Waals surface area contributed by atoms with Gasteiger partial charge >= 0.3 is 0 Å². The molecule has 4 rings (SSSR count). The quantitative estimate of drug-likeness (QED) is 0.358. The van der Waals surface area contributed by atoms with Crippen molar-refractivity contribution in [3.8, 4) is 16.8 Å². The van der Waals surface area contributed by atoms with Crippen molar-refractivity contribution in [2.75, 3.05) is 0 Å². The van der Waals surface area contributed by atoms with Gasteiger partial charge in [0.15, 0.2) is 31.3 Å². The van der Waals surface area contributed by atoms with Crippen LogP contribution in [0.2, 0.25) is 0 Å². The second kappa shape index (κ2) is 10.4. The van der Waals surface area contributed by atoms with E-state index in [0.29, 0.717) is 0 Å². The fourth-order valence-electron chi connectivity index (χ4n) is 3.90. The van der Waals surface area contributed by atoms with Crippen molar-refractivity contribution in [2.24, 2.45) is 0 Å². The van der Waals surface area contributed by atoms with E-state index < -0.39 is 0 Å². The Labute approximate surface area is 191 Å². The van der Waals surface area contributed by atoms with Crippen molar-refractivity contribution in [1.82, 2.24) is 0 Å². The number of nitrogens with zero attached hydrogens (tertiary/aromatic N) is 2. The minimum atomic E-state index is 0. The molecular formula is C26H26Cl2N2. The number of rotatable bonds is 4. The lowest BCUT2D eigenvalue weighted by Crippen LogP contribution is -3.00. The zero-order chi connectivity index (χ0) is 19.5. The van der Waals surface area contributed by atoms with Gasteiger partial charge in [-0.05, 0) is 44.0 Å². The molecular weight excluding hydrogens is 411 g/mol. The standard InChI is InChI=1S/C26H26N2.2ClH/c1-20-17-21(2)26(22(3)18-20)28-15-11-25(12-16-28)24-9-13-27(14-10-24)19-23-7-5-4-6-8-23;;/h4-18H,19H2,1-3H3;2*1H/q+2;;/p-2. The van der Waals surface area contributed by atoms with Crippen molar-refractivity contribution in [2.45, 2.75) is 27.3 Å². The molecule has 30 heavy (non-hydrogen) atoms. The maximum atomic E-state index is 2.24. The number of aryl methyl sites for hydroxylation is 3. The van der Waals surface area contributed by atoms with Gasteiger partial charge in [-0.3, -0.25) is 0 Å². The van der Waals surface area contributed by atoms with E-state index in [0.717, 1.165) is 6.54 Å². The van der Waals surface area contributed by atoms with E-state index in [1.807, 2.05) is 0 Å². The molecule has 0 spiro atoms. The summed E-state index contributed by atoms with van der Waals surface area (Å²) in [5, 5.41) is 0. The molecule has 2 aromatic heterocycles. The lowest BCUT2D eigenvalue weighted by molar-refractivity contribution is -0.688. The van der Waals surface area contributed by atoms with Crippen LogP contribution in [0.3, 0.4) is 0 Å². The zero-order valence-electron chi connectivity index (χ0n) is 17.5. The number of hydrogen-bond acceptors (Lipinski definition) is 0. The first kappa shape index (κ1) is 23.6. The Balaban J connectivity index is 0.00000160. The van der Waals surface area contributed by atoms with E-state index in [4.69, 9.17) is 0 Å². The highest BCUT2D eigenvalue weighted by atomic mass is 35.5. The highest BCUT2D eigenvalue weighted by molar-refractivity contribution is 5.61. The monoisotopic (exact) mass is 436 g/mol. The Morgan fingerprint density at radius 2 is 1.13 bits per heavy atom. The molecule has 2 aromatic carbocycles. The average molecular weight is 437 g/mol. The first-order valence-corrected chi connectivity index (χ1v) is 9.73. The molecule has 0 aliphatic heterocycles. The van der Waals surface area contributed by atoms with Gasteiger partial charge in [0.05, 0.1) is 0 Å². The Hall–Kier alpha value is -2.68. The van der Waals surface area contributed by atoms with Crippen LogP contribution in [-0.2, 0) is 6.54 Å². The summed E-state index contributed by atoms with van der Waals surface area (Å²) in [5.41, 5.74) is 8.95. The predicted molar refractivity (Wildman–Crippen MR) is 113 cm³/mol. The molecule has 0 aliphatic rings.